The summed E-state index contributed by atoms with van der Waals surface area (Å²) in [5.74, 6) is 2.13. The van der Waals surface area contributed by atoms with E-state index in [1.807, 2.05) is 29.2 Å². The molecule has 0 aromatic heterocycles. The summed E-state index contributed by atoms with van der Waals surface area (Å²) in [5.41, 5.74) is 1.13. The molecule has 2 aliphatic carbocycles. The molecule has 1 aromatic carbocycles. The number of allylic oxidation sites excluding steroid dienone is 2. The van der Waals surface area contributed by atoms with Gasteiger partial charge < -0.3 is 15.5 Å². The van der Waals surface area contributed by atoms with Crippen molar-refractivity contribution in [3.63, 3.8) is 0 Å². The Morgan fingerprint density at radius 1 is 1.23 bits per heavy atom. The first-order chi connectivity index (χ1) is 12.7. The van der Waals surface area contributed by atoms with Gasteiger partial charge in [-0.25, -0.2) is 4.79 Å². The molecule has 4 nitrogen and oxygen atoms in total. The Kier molecular flexibility index (Phi) is 5.51. The van der Waals surface area contributed by atoms with Gasteiger partial charge in [0.05, 0.1) is 0 Å². The van der Waals surface area contributed by atoms with Crippen molar-refractivity contribution in [2.75, 3.05) is 19.6 Å². The number of hydrogen-bond donors (Lipinski definition) is 2. The smallest absolute Gasteiger partial charge is 0.317 e. The lowest BCUT2D eigenvalue weighted by Gasteiger charge is -2.43. The van der Waals surface area contributed by atoms with E-state index in [2.05, 4.69) is 22.8 Å². The van der Waals surface area contributed by atoms with Crippen molar-refractivity contribution in [2.24, 2.45) is 17.8 Å². The van der Waals surface area contributed by atoms with E-state index in [9.17, 15) is 4.79 Å². The molecule has 0 bridgehead atoms. The number of carbonyl (C=O) groups is 1. The molecule has 2 N–H and O–H groups in total. The number of carbonyl (C=O) groups excluding carboxylic acids is 1. The molecule has 2 fully saturated rings. The molecule has 1 saturated carbocycles. The molecule has 1 saturated heterocycles. The van der Waals surface area contributed by atoms with E-state index in [1.54, 1.807) is 0 Å². The molecular weight excluding hydrogens is 346 g/mol. The molecule has 4 rings (SSSR count). The number of fused-ring (bicyclic) bond motifs is 1. The van der Waals surface area contributed by atoms with Gasteiger partial charge in [0, 0.05) is 24.2 Å². The minimum Gasteiger partial charge on any atom is -0.335 e. The topological polar surface area (TPSA) is 44.4 Å². The Hall–Kier alpha value is -1.52. The second-order valence-electron chi connectivity index (χ2n) is 7.97. The van der Waals surface area contributed by atoms with Crippen LogP contribution in [-0.2, 0) is 6.54 Å². The Morgan fingerprint density at radius 3 is 2.73 bits per heavy atom. The largest absolute Gasteiger partial charge is 0.335 e. The zero-order valence-corrected chi connectivity index (χ0v) is 15.9. The minimum atomic E-state index is 0.0845. The lowest BCUT2D eigenvalue weighted by atomic mass is 9.66. The van der Waals surface area contributed by atoms with Gasteiger partial charge in [-0.3, -0.25) is 0 Å². The number of nitrogens with zero attached hydrogens (tertiary/aromatic N) is 1. The van der Waals surface area contributed by atoms with E-state index in [-0.39, 0.29) is 6.03 Å². The van der Waals surface area contributed by atoms with E-state index >= 15 is 0 Å². The molecule has 26 heavy (non-hydrogen) atoms. The highest BCUT2D eigenvalue weighted by atomic mass is 35.5. The van der Waals surface area contributed by atoms with Crippen LogP contribution in [0.1, 0.15) is 31.2 Å². The lowest BCUT2D eigenvalue weighted by molar-refractivity contribution is 0.0824. The van der Waals surface area contributed by atoms with E-state index < -0.39 is 0 Å². The molecule has 0 radical (unpaired) electrons. The minimum absolute atomic E-state index is 0.0845. The van der Waals surface area contributed by atoms with Crippen LogP contribution in [0.4, 0.5) is 4.79 Å². The highest BCUT2D eigenvalue weighted by molar-refractivity contribution is 6.30. The van der Waals surface area contributed by atoms with Crippen LogP contribution >= 0.6 is 11.6 Å². The summed E-state index contributed by atoms with van der Waals surface area (Å²) < 4.78 is 0. The molecule has 0 spiro atoms. The van der Waals surface area contributed by atoms with Gasteiger partial charge in [-0.05, 0) is 74.2 Å². The van der Waals surface area contributed by atoms with Crippen molar-refractivity contribution in [1.29, 1.82) is 0 Å². The van der Waals surface area contributed by atoms with Crippen LogP contribution in [0.15, 0.2) is 36.4 Å². The molecule has 3 aliphatic rings. The third kappa shape index (κ3) is 4.07. The van der Waals surface area contributed by atoms with Crippen molar-refractivity contribution < 1.29 is 4.79 Å². The van der Waals surface area contributed by atoms with Gasteiger partial charge in [0.2, 0.25) is 0 Å². The van der Waals surface area contributed by atoms with Gasteiger partial charge in [0.25, 0.3) is 0 Å². The van der Waals surface area contributed by atoms with Crippen LogP contribution < -0.4 is 10.6 Å². The molecule has 1 heterocycles. The lowest BCUT2D eigenvalue weighted by Crippen LogP contribution is -2.51. The summed E-state index contributed by atoms with van der Waals surface area (Å²) >= 11 is 6.01. The van der Waals surface area contributed by atoms with Crippen molar-refractivity contribution >= 4 is 17.6 Å². The average molecular weight is 374 g/mol. The fraction of sp³-hybridized carbons (Fsp3) is 0.571. The van der Waals surface area contributed by atoms with E-state index in [0.29, 0.717) is 18.5 Å². The molecule has 1 aliphatic heterocycles. The quantitative estimate of drug-likeness (QED) is 0.771. The second-order valence-corrected chi connectivity index (χ2v) is 8.40. The third-order valence-corrected chi connectivity index (χ3v) is 6.47. The standard InChI is InChI=1S/C21H28ClN3O/c22-18-6-4-15(5-7-18)13-25(14-17-12-16-2-1-3-20(16)17)21(26)24-19-8-10-23-11-9-19/h1-2,4-7,16-17,19-20,23H,3,8-14H2,(H,24,26)/t16?,17?,20-/m0/s1. The second kappa shape index (κ2) is 8.01. The van der Waals surface area contributed by atoms with Gasteiger partial charge in [-0.2, -0.15) is 0 Å². The Labute approximate surface area is 161 Å². The van der Waals surface area contributed by atoms with Gasteiger partial charge in [0.15, 0.2) is 0 Å². The van der Waals surface area contributed by atoms with Gasteiger partial charge in [-0.15, -0.1) is 0 Å². The van der Waals surface area contributed by atoms with Crippen LogP contribution in [0.25, 0.3) is 0 Å². The summed E-state index contributed by atoms with van der Waals surface area (Å²) in [5, 5.41) is 7.36. The summed E-state index contributed by atoms with van der Waals surface area (Å²) in [6.45, 7) is 3.47. The predicted octanol–water partition coefficient (Wildman–Crippen LogP) is 3.82. The summed E-state index contributed by atoms with van der Waals surface area (Å²) in [7, 11) is 0. The number of urea groups is 1. The van der Waals surface area contributed by atoms with Crippen LogP contribution in [0.2, 0.25) is 5.02 Å². The van der Waals surface area contributed by atoms with Crippen molar-refractivity contribution in [3.8, 4) is 0 Å². The van der Waals surface area contributed by atoms with Gasteiger partial charge in [0.1, 0.15) is 0 Å². The molecule has 1 aromatic rings. The molecule has 2 unspecified atom stereocenters. The first-order valence-corrected chi connectivity index (χ1v) is 10.2. The fourth-order valence-electron chi connectivity index (χ4n) is 4.61. The fourth-order valence-corrected chi connectivity index (χ4v) is 4.73. The number of benzene rings is 1. The predicted molar refractivity (Wildman–Crippen MR) is 105 cm³/mol. The zero-order chi connectivity index (χ0) is 17.9. The third-order valence-electron chi connectivity index (χ3n) is 6.22. The maximum Gasteiger partial charge on any atom is 0.317 e. The average Bonchev–Trinajstić information content (AvgIpc) is 3.02. The maximum absolute atomic E-state index is 13.0. The number of hydrogen-bond acceptors (Lipinski definition) is 2. The number of nitrogens with one attached hydrogen (secondary N) is 2. The normalized spacial score (nSPS) is 27.7. The first kappa shape index (κ1) is 17.9. The Bertz CT molecular complexity index is 654. The van der Waals surface area contributed by atoms with Crippen molar-refractivity contribution in [3.05, 3.63) is 47.0 Å². The zero-order valence-electron chi connectivity index (χ0n) is 15.2. The SMILES string of the molecule is O=C(NC1CCNCC1)N(Cc1ccc(Cl)cc1)CC1CC2C=CC[C@@H]21. The summed E-state index contributed by atoms with van der Waals surface area (Å²) in [4.78, 5) is 15.0. The molecule has 2 amide bonds. The number of piperidine rings is 1. The highest BCUT2D eigenvalue weighted by Gasteiger charge is 2.42. The first-order valence-electron chi connectivity index (χ1n) is 9.86. The van der Waals surface area contributed by atoms with Crippen LogP contribution in [0, 0.1) is 17.8 Å². The van der Waals surface area contributed by atoms with Gasteiger partial charge in [-0.1, -0.05) is 35.9 Å². The summed E-state index contributed by atoms with van der Waals surface area (Å²) in [6.07, 6.45) is 9.10. The number of rotatable bonds is 5. The number of halogens is 1. The number of amides is 2. The van der Waals surface area contributed by atoms with Crippen molar-refractivity contribution in [1.82, 2.24) is 15.5 Å². The molecular formula is C21H28ClN3O. The van der Waals surface area contributed by atoms with E-state index in [1.165, 1.54) is 12.8 Å². The molecule has 5 heteroatoms. The van der Waals surface area contributed by atoms with Gasteiger partial charge >= 0.3 is 6.03 Å². The van der Waals surface area contributed by atoms with Crippen molar-refractivity contribution in [2.45, 2.75) is 38.3 Å². The maximum atomic E-state index is 13.0. The van der Waals surface area contributed by atoms with E-state index in [0.717, 1.165) is 54.9 Å². The molecule has 3 atom stereocenters. The highest BCUT2D eigenvalue weighted by Crippen LogP contribution is 2.47. The Morgan fingerprint density at radius 2 is 2.00 bits per heavy atom. The Balaban J connectivity index is 1.41. The monoisotopic (exact) mass is 373 g/mol. The van der Waals surface area contributed by atoms with Crippen LogP contribution in [0.5, 0.6) is 0 Å². The van der Waals surface area contributed by atoms with Crippen LogP contribution in [-0.4, -0.2) is 36.6 Å². The van der Waals surface area contributed by atoms with E-state index in [4.69, 9.17) is 11.6 Å². The summed E-state index contributed by atoms with van der Waals surface area (Å²) in [6, 6.07) is 8.22. The molecule has 140 valence electrons. The van der Waals surface area contributed by atoms with Crippen LogP contribution in [0.3, 0.4) is 0 Å².